The molecule has 0 aromatic heterocycles. The first-order valence-electron chi connectivity index (χ1n) is 8.07. The van der Waals surface area contributed by atoms with Crippen molar-refractivity contribution >= 4 is 5.97 Å². The van der Waals surface area contributed by atoms with Gasteiger partial charge >= 0.3 is 5.97 Å². The fraction of sp³-hybridized carbons (Fsp3) is 0.526. The average Bonchev–Trinajstić information content (AvgIpc) is 2.48. The van der Waals surface area contributed by atoms with Crippen LogP contribution in [0.15, 0.2) is 29.8 Å². The molecule has 0 aliphatic rings. The summed E-state index contributed by atoms with van der Waals surface area (Å²) in [6, 6.07) is 4.87. The topological polar surface area (TPSA) is 55.8 Å². The van der Waals surface area contributed by atoms with E-state index < -0.39 is 0 Å². The Bertz CT molecular complexity index is 530. The molecule has 1 aromatic carbocycles. The molecule has 4 nitrogen and oxygen atoms in total. The number of carbonyl (C=O) groups is 1. The lowest BCUT2D eigenvalue weighted by Crippen LogP contribution is -2.11. The zero-order chi connectivity index (χ0) is 17.2. The van der Waals surface area contributed by atoms with Gasteiger partial charge in [0.25, 0.3) is 0 Å². The van der Waals surface area contributed by atoms with Gasteiger partial charge in [-0.05, 0) is 56.7 Å². The Balaban J connectivity index is 2.30. The summed E-state index contributed by atoms with van der Waals surface area (Å²) in [5.74, 6) is 0.708. The predicted octanol–water partition coefficient (Wildman–Crippen LogP) is 4.26. The number of hydrogen-bond donors (Lipinski definition) is 1. The molecule has 1 N–H and O–H groups in total. The van der Waals surface area contributed by atoms with Crippen LogP contribution in [-0.4, -0.2) is 24.8 Å². The number of methoxy groups -OCH3 is 1. The molecule has 23 heavy (non-hydrogen) atoms. The number of phenolic OH excluding ortho intramolecular Hbond substituents is 1. The lowest BCUT2D eigenvalue weighted by Gasteiger charge is -2.11. The molecule has 0 bridgehead atoms. The van der Waals surface area contributed by atoms with Crippen LogP contribution in [0, 0.1) is 5.92 Å². The van der Waals surface area contributed by atoms with Crippen LogP contribution < -0.4 is 4.74 Å². The van der Waals surface area contributed by atoms with E-state index in [1.165, 1.54) is 18.7 Å². The molecule has 0 heterocycles. The van der Waals surface area contributed by atoms with Crippen LogP contribution in [0.1, 0.15) is 45.6 Å². The minimum Gasteiger partial charge on any atom is -0.504 e. The van der Waals surface area contributed by atoms with E-state index in [9.17, 15) is 9.90 Å². The van der Waals surface area contributed by atoms with Crippen molar-refractivity contribution in [2.24, 2.45) is 5.92 Å². The van der Waals surface area contributed by atoms with Gasteiger partial charge < -0.3 is 14.6 Å². The number of esters is 1. The second-order valence-corrected chi connectivity index (χ2v) is 6.16. The number of allylic oxidation sites excluding steroid dienone is 2. The van der Waals surface area contributed by atoms with Gasteiger partial charge in [0.05, 0.1) is 20.1 Å². The third-order valence-electron chi connectivity index (χ3n) is 3.68. The Morgan fingerprint density at radius 2 is 2.04 bits per heavy atom. The maximum atomic E-state index is 11.8. The van der Waals surface area contributed by atoms with Gasteiger partial charge in [-0.25, -0.2) is 0 Å². The van der Waals surface area contributed by atoms with Gasteiger partial charge in [0.15, 0.2) is 11.5 Å². The summed E-state index contributed by atoms with van der Waals surface area (Å²) in [6.07, 6.45) is 5.48. The van der Waals surface area contributed by atoms with E-state index in [1.807, 2.05) is 0 Å². The van der Waals surface area contributed by atoms with Gasteiger partial charge in [0.1, 0.15) is 0 Å². The van der Waals surface area contributed by atoms with Crippen molar-refractivity contribution in [2.45, 2.75) is 46.5 Å². The quantitative estimate of drug-likeness (QED) is 0.545. The van der Waals surface area contributed by atoms with E-state index in [0.29, 0.717) is 18.3 Å². The molecule has 1 aromatic rings. The van der Waals surface area contributed by atoms with Crippen LogP contribution in [-0.2, 0) is 16.0 Å². The molecular weight excluding hydrogens is 292 g/mol. The van der Waals surface area contributed by atoms with Gasteiger partial charge in [-0.1, -0.05) is 24.6 Å². The van der Waals surface area contributed by atoms with Crippen molar-refractivity contribution in [3.8, 4) is 11.5 Å². The van der Waals surface area contributed by atoms with Gasteiger partial charge in [-0.15, -0.1) is 0 Å². The number of rotatable bonds is 9. The molecule has 1 unspecified atom stereocenters. The van der Waals surface area contributed by atoms with E-state index in [2.05, 4.69) is 26.8 Å². The lowest BCUT2D eigenvalue weighted by molar-refractivity contribution is -0.143. The molecule has 1 atom stereocenters. The van der Waals surface area contributed by atoms with Crippen molar-refractivity contribution in [1.82, 2.24) is 0 Å². The summed E-state index contributed by atoms with van der Waals surface area (Å²) >= 11 is 0. The van der Waals surface area contributed by atoms with Gasteiger partial charge in [0.2, 0.25) is 0 Å². The molecule has 0 spiro atoms. The van der Waals surface area contributed by atoms with Crippen molar-refractivity contribution in [3.05, 3.63) is 35.4 Å². The van der Waals surface area contributed by atoms with E-state index in [-0.39, 0.29) is 18.1 Å². The van der Waals surface area contributed by atoms with Crippen molar-refractivity contribution < 1.29 is 19.4 Å². The number of benzene rings is 1. The number of carbonyl (C=O) groups excluding carboxylic acids is 1. The van der Waals surface area contributed by atoms with Gasteiger partial charge in [-0.2, -0.15) is 0 Å². The standard InChI is InChI=1S/C19H28O4/c1-14(2)6-5-7-15(3)10-11-23-19(21)13-16-8-9-17(20)18(12-16)22-4/h6,8-9,12,15,20H,5,7,10-11,13H2,1-4H3. The van der Waals surface area contributed by atoms with E-state index >= 15 is 0 Å². The van der Waals surface area contributed by atoms with Crippen molar-refractivity contribution in [2.75, 3.05) is 13.7 Å². The SMILES string of the molecule is COc1cc(CC(=O)OCCC(C)CCC=C(C)C)ccc1O. The minimum absolute atomic E-state index is 0.0646. The number of phenols is 1. The average molecular weight is 320 g/mol. The zero-order valence-corrected chi connectivity index (χ0v) is 14.6. The number of ether oxygens (including phenoxy) is 2. The Morgan fingerprint density at radius 3 is 2.70 bits per heavy atom. The Hall–Kier alpha value is -1.97. The van der Waals surface area contributed by atoms with Crippen LogP contribution in [0.5, 0.6) is 11.5 Å². The van der Waals surface area contributed by atoms with Gasteiger partial charge in [-0.3, -0.25) is 4.79 Å². The van der Waals surface area contributed by atoms with Gasteiger partial charge in [0, 0.05) is 0 Å². The fourth-order valence-electron chi connectivity index (χ4n) is 2.22. The van der Waals surface area contributed by atoms with Crippen molar-refractivity contribution in [3.63, 3.8) is 0 Å². The molecule has 0 aliphatic carbocycles. The Labute approximate surface area is 139 Å². The molecule has 0 saturated carbocycles. The summed E-state index contributed by atoms with van der Waals surface area (Å²) in [5, 5.41) is 9.53. The Morgan fingerprint density at radius 1 is 1.30 bits per heavy atom. The molecule has 4 heteroatoms. The first kappa shape index (κ1) is 19.1. The highest BCUT2D eigenvalue weighted by Crippen LogP contribution is 2.26. The van der Waals surface area contributed by atoms with E-state index in [4.69, 9.17) is 9.47 Å². The molecule has 1 rings (SSSR count). The van der Waals surface area contributed by atoms with Crippen LogP contribution in [0.3, 0.4) is 0 Å². The summed E-state index contributed by atoms with van der Waals surface area (Å²) in [4.78, 5) is 11.8. The molecule has 0 radical (unpaired) electrons. The maximum Gasteiger partial charge on any atom is 0.310 e. The van der Waals surface area contributed by atoms with Crippen LogP contribution in [0.4, 0.5) is 0 Å². The zero-order valence-electron chi connectivity index (χ0n) is 14.6. The third kappa shape index (κ3) is 7.73. The predicted molar refractivity (Wildman–Crippen MR) is 91.8 cm³/mol. The summed E-state index contributed by atoms with van der Waals surface area (Å²) < 4.78 is 10.3. The highest BCUT2D eigenvalue weighted by Gasteiger charge is 2.09. The summed E-state index contributed by atoms with van der Waals surface area (Å²) in [7, 11) is 1.48. The third-order valence-corrected chi connectivity index (χ3v) is 3.68. The summed E-state index contributed by atoms with van der Waals surface area (Å²) in [5.41, 5.74) is 2.11. The number of hydrogen-bond acceptors (Lipinski definition) is 4. The summed E-state index contributed by atoms with van der Waals surface area (Å²) in [6.45, 7) is 6.83. The highest BCUT2D eigenvalue weighted by atomic mass is 16.5. The highest BCUT2D eigenvalue weighted by molar-refractivity contribution is 5.72. The van der Waals surface area contributed by atoms with E-state index in [0.717, 1.165) is 24.8 Å². The van der Waals surface area contributed by atoms with E-state index in [1.54, 1.807) is 12.1 Å². The molecule has 0 aliphatic heterocycles. The fourth-order valence-corrected chi connectivity index (χ4v) is 2.22. The number of aromatic hydroxyl groups is 1. The second-order valence-electron chi connectivity index (χ2n) is 6.16. The molecule has 0 fully saturated rings. The largest absolute Gasteiger partial charge is 0.504 e. The van der Waals surface area contributed by atoms with Crippen LogP contribution in [0.25, 0.3) is 0 Å². The van der Waals surface area contributed by atoms with Crippen molar-refractivity contribution in [1.29, 1.82) is 0 Å². The normalized spacial score (nSPS) is 11.7. The minimum atomic E-state index is -0.255. The lowest BCUT2D eigenvalue weighted by atomic mass is 10.0. The molecular formula is C19H28O4. The second kappa shape index (κ2) is 9.93. The Kier molecular flexibility index (Phi) is 8.23. The monoisotopic (exact) mass is 320 g/mol. The maximum absolute atomic E-state index is 11.8. The molecule has 0 saturated heterocycles. The first-order chi connectivity index (χ1) is 10.9. The first-order valence-corrected chi connectivity index (χ1v) is 8.07. The molecule has 0 amide bonds. The smallest absolute Gasteiger partial charge is 0.310 e. The molecule has 128 valence electrons. The van der Waals surface area contributed by atoms with Crippen LogP contribution in [0.2, 0.25) is 0 Å². The van der Waals surface area contributed by atoms with Crippen LogP contribution >= 0.6 is 0 Å².